The van der Waals surface area contributed by atoms with Gasteiger partial charge in [-0.3, -0.25) is 0 Å². The van der Waals surface area contributed by atoms with Crippen molar-refractivity contribution in [1.29, 1.82) is 0 Å². The maximum atomic E-state index is 2.36. The van der Waals surface area contributed by atoms with Gasteiger partial charge in [-0.2, -0.15) is 30.3 Å². The van der Waals surface area contributed by atoms with Crippen molar-refractivity contribution in [2.75, 3.05) is 19.0 Å². The molecule has 0 aliphatic carbocycles. The zero-order valence-corrected chi connectivity index (χ0v) is 16.0. The van der Waals surface area contributed by atoms with E-state index in [-0.39, 0.29) is 17.1 Å². The van der Waals surface area contributed by atoms with Crippen molar-refractivity contribution >= 4 is 25.4 Å². The molecule has 0 aliphatic heterocycles. The van der Waals surface area contributed by atoms with Crippen molar-refractivity contribution < 1.29 is 17.1 Å². The van der Waals surface area contributed by atoms with Crippen LogP contribution < -0.4 is 4.90 Å². The summed E-state index contributed by atoms with van der Waals surface area (Å²) in [6.07, 6.45) is 0. The fourth-order valence-electron chi connectivity index (χ4n) is 0.983. The summed E-state index contributed by atoms with van der Waals surface area (Å²) in [7, 11) is 4.07. The van der Waals surface area contributed by atoms with E-state index in [1.807, 2.05) is 56.6 Å². The van der Waals surface area contributed by atoms with Gasteiger partial charge in [0.25, 0.3) is 0 Å². The van der Waals surface area contributed by atoms with Gasteiger partial charge in [0, 0.05) is 14.1 Å². The Hall–Kier alpha value is -0.182. The molecule has 0 aliphatic rings. The second-order valence-electron chi connectivity index (χ2n) is 4.50. The molecule has 0 N–H and O–H groups in total. The third-order valence-corrected chi connectivity index (χ3v) is 1.72. The molecular weight excluding hydrogens is 369 g/mol. The normalized spacial score (nSPS) is 8.33. The van der Waals surface area contributed by atoms with Gasteiger partial charge in [0.15, 0.2) is 0 Å². The third-order valence-electron chi connectivity index (χ3n) is 1.72. The minimum absolute atomic E-state index is 0. The Kier molecular flexibility index (Phi) is 14.8. The fourth-order valence-corrected chi connectivity index (χ4v) is 0.983. The van der Waals surface area contributed by atoms with Crippen LogP contribution in [0.5, 0.6) is 0 Å². The number of anilines is 1. The first kappa shape index (κ1) is 20.1. The van der Waals surface area contributed by atoms with Gasteiger partial charge in [-0.05, 0) is 0 Å². The largest absolute Gasteiger partial charge is 2.00 e. The molecule has 0 saturated carbocycles. The maximum absolute atomic E-state index is 2.36. The van der Waals surface area contributed by atoms with Crippen LogP contribution in [0.1, 0.15) is 0 Å². The van der Waals surface area contributed by atoms with Crippen LogP contribution in [0.2, 0.25) is 14.8 Å². The van der Waals surface area contributed by atoms with Crippen molar-refractivity contribution in [1.82, 2.24) is 0 Å². The molecule has 0 bridgehead atoms. The van der Waals surface area contributed by atoms with E-state index >= 15 is 0 Å². The van der Waals surface area contributed by atoms with Crippen molar-refractivity contribution in [3.63, 3.8) is 0 Å². The molecular formula is C15H24FeNSn. The van der Waals surface area contributed by atoms with Crippen LogP contribution in [-0.2, 0) is 17.1 Å². The second kappa shape index (κ2) is 13.3. The third kappa shape index (κ3) is 13.9. The van der Waals surface area contributed by atoms with Crippen molar-refractivity contribution in [2.24, 2.45) is 0 Å². The number of nitrogens with zero attached hydrogens (tertiary/aromatic N) is 1. The monoisotopic (exact) mass is 394 g/mol. The van der Waals surface area contributed by atoms with E-state index in [1.165, 1.54) is 5.69 Å². The van der Waals surface area contributed by atoms with Gasteiger partial charge in [-0.15, -0.1) is 6.07 Å². The summed E-state index contributed by atoms with van der Waals surface area (Å²) in [6, 6.07) is 18.2. The van der Waals surface area contributed by atoms with E-state index in [1.54, 1.807) is 0 Å². The van der Waals surface area contributed by atoms with E-state index in [0.717, 1.165) is 0 Å². The fraction of sp³-hybridized carbons (Fsp3) is 0.333. The Bertz CT molecular complexity index is 305. The molecule has 2 aromatic carbocycles. The summed E-state index contributed by atoms with van der Waals surface area (Å²) in [4.78, 5) is 9.17. The quantitative estimate of drug-likeness (QED) is 0.518. The van der Waals surface area contributed by atoms with Gasteiger partial charge in [0.2, 0.25) is 0 Å². The topological polar surface area (TPSA) is 3.24 Å². The molecule has 0 unspecified atom stereocenters. The Morgan fingerprint density at radius 1 is 0.944 bits per heavy atom. The predicted octanol–water partition coefficient (Wildman–Crippen LogP) is 4.25. The average Bonchev–Trinajstić information content (AvgIpc) is 2.94. The zero-order chi connectivity index (χ0) is 13.1. The summed E-state index contributed by atoms with van der Waals surface area (Å²) in [5.74, 6) is 0. The first-order chi connectivity index (χ1) is 8.04. The Balaban J connectivity index is 0. The van der Waals surface area contributed by atoms with E-state index in [4.69, 9.17) is 0 Å². The minimum Gasteiger partial charge on any atom is -0.214 e. The van der Waals surface area contributed by atoms with E-state index < -0.39 is 19.8 Å². The number of rotatable bonds is 1. The second-order valence-corrected chi connectivity index (χ2v) is 13.1. The van der Waals surface area contributed by atoms with Gasteiger partial charge in [0.1, 0.15) is 0 Å². The molecule has 0 amide bonds. The Labute approximate surface area is 130 Å². The van der Waals surface area contributed by atoms with Crippen molar-refractivity contribution in [3.8, 4) is 0 Å². The molecule has 1 nitrogen and oxygen atoms in total. The van der Waals surface area contributed by atoms with Gasteiger partial charge in [-0.25, -0.2) is 18.2 Å². The average molecular weight is 393 g/mol. The Morgan fingerprint density at radius 3 is 1.61 bits per heavy atom. The number of hydrogen-bond donors (Lipinski definition) is 0. The molecule has 2 rings (SSSR count). The molecule has 0 saturated heterocycles. The van der Waals surface area contributed by atoms with Crippen molar-refractivity contribution in [2.45, 2.75) is 14.8 Å². The van der Waals surface area contributed by atoms with Crippen LogP contribution >= 0.6 is 0 Å². The van der Waals surface area contributed by atoms with Gasteiger partial charge in [0.05, 0.1) is 0 Å². The molecule has 1 radical (unpaired) electrons. The predicted molar refractivity (Wildman–Crippen MR) is 81.7 cm³/mol. The Morgan fingerprint density at radius 2 is 1.44 bits per heavy atom. The smallest absolute Gasteiger partial charge is 0.214 e. The molecule has 3 heteroatoms. The summed E-state index contributed by atoms with van der Waals surface area (Å²) in [6.45, 7) is 0. The van der Waals surface area contributed by atoms with Crippen LogP contribution in [0, 0.1) is 0 Å². The van der Waals surface area contributed by atoms with Crippen molar-refractivity contribution in [3.05, 3.63) is 54.6 Å². The molecule has 0 fully saturated rings. The first-order valence-corrected chi connectivity index (χ1v) is 14.4. The minimum atomic E-state index is -0.543. The molecule has 101 valence electrons. The van der Waals surface area contributed by atoms with E-state index in [2.05, 4.69) is 31.9 Å². The van der Waals surface area contributed by atoms with Crippen LogP contribution in [0.3, 0.4) is 0 Å². The van der Waals surface area contributed by atoms with Crippen LogP contribution in [0.25, 0.3) is 0 Å². The van der Waals surface area contributed by atoms with Crippen LogP contribution in [-0.4, -0.2) is 33.9 Å². The first-order valence-electron chi connectivity index (χ1n) is 5.86. The van der Waals surface area contributed by atoms with Gasteiger partial charge < -0.3 is 4.90 Å². The van der Waals surface area contributed by atoms with E-state index in [9.17, 15) is 0 Å². The summed E-state index contributed by atoms with van der Waals surface area (Å²) in [5.41, 5.74) is 1.27. The standard InChI is InChI=1S/C7H10N.C5H5.3CH3.Fe.Sn/c1-8(2)7-5-3-4-6-7;1-2-4-5-3-1;;;;;/h3-6H,1-2H3;1-5H;3*1H3;;/q2*-1;;;;+2;. The summed E-state index contributed by atoms with van der Waals surface area (Å²) in [5, 5.41) is 0. The van der Waals surface area contributed by atoms with Gasteiger partial charge in [-0.1, -0.05) is 5.69 Å². The SMILES string of the molecule is CN(C)c1ccc[cH-]1.[CH3][Sn]([CH3])[CH3].[Fe+2].c1cc[cH-]c1. The number of hydrogen-bond acceptors (Lipinski definition) is 1. The van der Waals surface area contributed by atoms with E-state index in [0.29, 0.717) is 0 Å². The summed E-state index contributed by atoms with van der Waals surface area (Å²) >= 11 is -0.543. The maximum Gasteiger partial charge on any atom is 2.00 e. The summed E-state index contributed by atoms with van der Waals surface area (Å²) < 4.78 is 0. The van der Waals surface area contributed by atoms with Gasteiger partial charge >= 0.3 is 51.6 Å². The molecule has 0 atom stereocenters. The molecule has 2 aromatic rings. The van der Waals surface area contributed by atoms with Crippen LogP contribution in [0.15, 0.2) is 54.6 Å². The zero-order valence-electron chi connectivity index (χ0n) is 12.0. The molecule has 0 spiro atoms. The van der Waals surface area contributed by atoms with Crippen LogP contribution in [0.4, 0.5) is 5.69 Å². The molecule has 18 heavy (non-hydrogen) atoms. The molecule has 0 heterocycles. The molecule has 0 aromatic heterocycles.